The van der Waals surface area contributed by atoms with Crippen LogP contribution >= 0.6 is 0 Å². The summed E-state index contributed by atoms with van der Waals surface area (Å²) in [6, 6.07) is 0. The number of anilines is 1. The van der Waals surface area contributed by atoms with E-state index >= 15 is 0 Å². The Balaban J connectivity index is 1.96. The minimum absolute atomic E-state index is 0.000263. The summed E-state index contributed by atoms with van der Waals surface area (Å²) in [5.74, 6) is -1.28. The maximum absolute atomic E-state index is 13.4. The first-order valence-corrected chi connectivity index (χ1v) is 8.92. The first-order chi connectivity index (χ1) is 12.5. The Kier molecular flexibility index (Phi) is 4.85. The summed E-state index contributed by atoms with van der Waals surface area (Å²) in [6.07, 6.45) is -3.54. The topological polar surface area (TPSA) is 67.7 Å². The summed E-state index contributed by atoms with van der Waals surface area (Å²) in [4.78, 5) is 31.0. The molecule has 150 valence electrons. The number of ether oxygens (including phenoxy) is 1. The quantitative estimate of drug-likeness (QED) is 0.741. The summed E-state index contributed by atoms with van der Waals surface area (Å²) in [7, 11) is 0. The van der Waals surface area contributed by atoms with Crippen LogP contribution in [0.5, 0.6) is 0 Å². The Bertz CT molecular complexity index is 752. The highest BCUT2D eigenvalue weighted by Gasteiger charge is 2.42. The molecule has 7 nitrogen and oxygen atoms in total. The van der Waals surface area contributed by atoms with Gasteiger partial charge < -0.3 is 14.2 Å². The van der Waals surface area contributed by atoms with Crippen LogP contribution in [0.3, 0.4) is 0 Å². The number of aromatic nitrogens is 2. The maximum Gasteiger partial charge on any atom is 0.449 e. The number of fused-ring (bicyclic) bond motifs is 1. The maximum atomic E-state index is 13.4. The van der Waals surface area contributed by atoms with Gasteiger partial charge in [0.15, 0.2) is 5.82 Å². The molecule has 0 aromatic carbocycles. The number of halogens is 3. The number of carbonyl (C=O) groups is 2. The summed E-state index contributed by atoms with van der Waals surface area (Å²) in [6.45, 7) is 5.42. The SMILES string of the molecule is CC(C)(C)OC(=O)N1CCn2c(C(F)(F)F)nc(N3CCCCC3=O)c2C1. The Labute approximate surface area is 155 Å². The molecule has 0 aliphatic carbocycles. The average molecular weight is 388 g/mol. The van der Waals surface area contributed by atoms with Crippen molar-refractivity contribution in [1.29, 1.82) is 0 Å². The highest BCUT2D eigenvalue weighted by Crippen LogP contribution is 2.36. The van der Waals surface area contributed by atoms with Crippen molar-refractivity contribution in [2.75, 3.05) is 18.0 Å². The van der Waals surface area contributed by atoms with Crippen molar-refractivity contribution in [1.82, 2.24) is 14.5 Å². The molecule has 3 rings (SSSR count). The first-order valence-electron chi connectivity index (χ1n) is 8.92. The Morgan fingerprint density at radius 2 is 1.81 bits per heavy atom. The number of amides is 2. The molecule has 2 amide bonds. The van der Waals surface area contributed by atoms with Gasteiger partial charge in [-0.1, -0.05) is 0 Å². The predicted octanol–water partition coefficient (Wildman–Crippen LogP) is 3.17. The Morgan fingerprint density at radius 3 is 2.41 bits per heavy atom. The van der Waals surface area contributed by atoms with Crippen molar-refractivity contribution in [3.63, 3.8) is 0 Å². The third-order valence-electron chi connectivity index (χ3n) is 4.47. The minimum Gasteiger partial charge on any atom is -0.444 e. The van der Waals surface area contributed by atoms with Gasteiger partial charge in [-0.25, -0.2) is 9.78 Å². The first kappa shape index (κ1) is 19.5. The molecule has 3 heterocycles. The second kappa shape index (κ2) is 6.72. The second-order valence-corrected chi connectivity index (χ2v) is 7.76. The average Bonchev–Trinajstić information content (AvgIpc) is 2.92. The highest BCUT2D eigenvalue weighted by molar-refractivity contribution is 5.93. The number of hydrogen-bond acceptors (Lipinski definition) is 4. The standard InChI is InChI=1S/C17H23F3N4O3/c1-16(2,3)27-15(26)22-8-9-23-11(10-22)13(21-14(23)17(18,19)20)24-7-5-4-6-12(24)25/h4-10H2,1-3H3. The smallest absolute Gasteiger partial charge is 0.444 e. The monoisotopic (exact) mass is 388 g/mol. The lowest BCUT2D eigenvalue weighted by molar-refractivity contribution is -0.147. The summed E-state index contributed by atoms with van der Waals surface area (Å²) < 4.78 is 46.7. The lowest BCUT2D eigenvalue weighted by Crippen LogP contribution is -2.43. The second-order valence-electron chi connectivity index (χ2n) is 7.76. The number of piperidine rings is 1. The fraction of sp³-hybridized carbons (Fsp3) is 0.706. The van der Waals surface area contributed by atoms with Crippen molar-refractivity contribution in [3.05, 3.63) is 11.5 Å². The van der Waals surface area contributed by atoms with E-state index in [1.54, 1.807) is 20.8 Å². The Hall–Kier alpha value is -2.26. The molecule has 2 aliphatic heterocycles. The zero-order chi connectivity index (χ0) is 20.0. The summed E-state index contributed by atoms with van der Waals surface area (Å²) in [5, 5.41) is 0. The number of rotatable bonds is 1. The fourth-order valence-electron chi connectivity index (χ4n) is 3.30. The molecule has 1 aromatic rings. The van der Waals surface area contributed by atoms with Crippen molar-refractivity contribution >= 4 is 17.8 Å². The Morgan fingerprint density at radius 1 is 1.11 bits per heavy atom. The van der Waals surface area contributed by atoms with E-state index in [1.165, 1.54) is 9.80 Å². The zero-order valence-electron chi connectivity index (χ0n) is 15.6. The molecule has 0 N–H and O–H groups in total. The fourth-order valence-corrected chi connectivity index (χ4v) is 3.30. The van der Waals surface area contributed by atoms with Gasteiger partial charge in [0.05, 0.1) is 12.2 Å². The molecule has 1 aromatic heterocycles. The van der Waals surface area contributed by atoms with Gasteiger partial charge in [-0.2, -0.15) is 13.2 Å². The van der Waals surface area contributed by atoms with Gasteiger partial charge in [0.1, 0.15) is 5.60 Å². The van der Waals surface area contributed by atoms with Crippen LogP contribution in [0.1, 0.15) is 51.6 Å². The van der Waals surface area contributed by atoms with E-state index in [9.17, 15) is 22.8 Å². The van der Waals surface area contributed by atoms with Crippen LogP contribution in [-0.4, -0.2) is 45.1 Å². The van der Waals surface area contributed by atoms with E-state index in [2.05, 4.69) is 4.98 Å². The molecule has 0 bridgehead atoms. The zero-order valence-corrected chi connectivity index (χ0v) is 15.6. The van der Waals surface area contributed by atoms with Crippen molar-refractivity contribution in [3.8, 4) is 0 Å². The molecule has 0 atom stereocenters. The summed E-state index contributed by atoms with van der Waals surface area (Å²) in [5.41, 5.74) is -0.493. The number of alkyl halides is 3. The van der Waals surface area contributed by atoms with Crippen LogP contribution in [0.2, 0.25) is 0 Å². The van der Waals surface area contributed by atoms with Gasteiger partial charge in [0.25, 0.3) is 0 Å². The van der Waals surface area contributed by atoms with Gasteiger partial charge >= 0.3 is 12.3 Å². The van der Waals surface area contributed by atoms with Gasteiger partial charge in [0, 0.05) is 26.1 Å². The van der Waals surface area contributed by atoms with Gasteiger partial charge in [0.2, 0.25) is 11.7 Å². The molecular weight excluding hydrogens is 365 g/mol. The van der Waals surface area contributed by atoms with Crippen LogP contribution in [0.15, 0.2) is 0 Å². The van der Waals surface area contributed by atoms with Crippen LogP contribution in [0, 0.1) is 0 Å². The lowest BCUT2D eigenvalue weighted by Gasteiger charge is -2.33. The molecule has 0 spiro atoms. The number of nitrogens with zero attached hydrogens (tertiary/aromatic N) is 4. The normalized spacial score (nSPS) is 18.5. The number of hydrogen-bond donors (Lipinski definition) is 0. The van der Waals surface area contributed by atoms with Crippen molar-refractivity contribution in [2.24, 2.45) is 0 Å². The van der Waals surface area contributed by atoms with E-state index in [1.807, 2.05) is 0 Å². The van der Waals surface area contributed by atoms with Crippen molar-refractivity contribution in [2.45, 2.75) is 64.9 Å². The van der Waals surface area contributed by atoms with E-state index < -0.39 is 23.7 Å². The van der Waals surface area contributed by atoms with Gasteiger partial charge in [-0.05, 0) is 33.6 Å². The molecule has 1 saturated heterocycles. The largest absolute Gasteiger partial charge is 0.449 e. The molecule has 0 unspecified atom stereocenters. The lowest BCUT2D eigenvalue weighted by atomic mass is 10.1. The molecule has 1 fully saturated rings. The molecule has 0 radical (unpaired) electrons. The van der Waals surface area contributed by atoms with E-state index in [4.69, 9.17) is 4.74 Å². The van der Waals surface area contributed by atoms with Crippen molar-refractivity contribution < 1.29 is 27.5 Å². The van der Waals surface area contributed by atoms with E-state index in [-0.39, 0.29) is 43.5 Å². The molecule has 0 saturated carbocycles. The molecule has 27 heavy (non-hydrogen) atoms. The minimum atomic E-state index is -4.64. The molecule has 10 heteroatoms. The third kappa shape index (κ3) is 4.03. The molecular formula is C17H23F3N4O3. The van der Waals surface area contributed by atoms with Gasteiger partial charge in [-0.15, -0.1) is 0 Å². The number of imidazole rings is 1. The van der Waals surface area contributed by atoms with Gasteiger partial charge in [-0.3, -0.25) is 9.69 Å². The number of carbonyl (C=O) groups excluding carboxylic acids is 2. The van der Waals surface area contributed by atoms with Crippen LogP contribution in [0.4, 0.5) is 23.8 Å². The molecule has 2 aliphatic rings. The van der Waals surface area contributed by atoms with Crippen LogP contribution in [0.25, 0.3) is 0 Å². The predicted molar refractivity (Wildman–Crippen MR) is 90.1 cm³/mol. The van der Waals surface area contributed by atoms with Crippen LogP contribution < -0.4 is 4.90 Å². The van der Waals surface area contributed by atoms with E-state index in [0.717, 1.165) is 4.57 Å². The highest BCUT2D eigenvalue weighted by atomic mass is 19.4. The van der Waals surface area contributed by atoms with E-state index in [0.29, 0.717) is 19.4 Å². The third-order valence-corrected chi connectivity index (χ3v) is 4.47. The van der Waals surface area contributed by atoms with Crippen LogP contribution in [-0.2, 0) is 28.8 Å². The summed E-state index contributed by atoms with van der Waals surface area (Å²) >= 11 is 0.